The second kappa shape index (κ2) is 8.01. The van der Waals surface area contributed by atoms with E-state index in [4.69, 9.17) is 16.3 Å². The molecule has 0 aliphatic rings. The molecule has 2 aromatic carbocycles. The van der Waals surface area contributed by atoms with Crippen LogP contribution in [0.3, 0.4) is 0 Å². The van der Waals surface area contributed by atoms with Gasteiger partial charge in [-0.05, 0) is 65.4 Å². The van der Waals surface area contributed by atoms with E-state index in [2.05, 4.69) is 41.8 Å². The maximum absolute atomic E-state index is 6.10. The number of hydrogen-bond acceptors (Lipinski definition) is 2. The predicted octanol–water partition coefficient (Wildman–Crippen LogP) is 5.48. The van der Waals surface area contributed by atoms with Gasteiger partial charge in [-0.1, -0.05) is 37.6 Å². The van der Waals surface area contributed by atoms with Gasteiger partial charge in [-0.2, -0.15) is 0 Å². The first-order valence-electron chi connectivity index (χ1n) is 6.97. The Kier molecular flexibility index (Phi) is 6.33. The van der Waals surface area contributed by atoms with Gasteiger partial charge in [-0.25, -0.2) is 0 Å². The van der Waals surface area contributed by atoms with Crippen LogP contribution < -0.4 is 10.1 Å². The van der Waals surface area contributed by atoms with Crippen molar-refractivity contribution in [3.63, 3.8) is 0 Å². The van der Waals surface area contributed by atoms with Crippen molar-refractivity contribution in [2.75, 3.05) is 6.54 Å². The molecule has 0 aromatic heterocycles. The number of nitrogens with one attached hydrogen (secondary N) is 1. The largest absolute Gasteiger partial charge is 0.457 e. The molecule has 0 spiro atoms. The van der Waals surface area contributed by atoms with Gasteiger partial charge < -0.3 is 10.1 Å². The van der Waals surface area contributed by atoms with Crippen LogP contribution in [-0.2, 0) is 6.54 Å². The summed E-state index contributed by atoms with van der Waals surface area (Å²) >= 11 is 8.37. The van der Waals surface area contributed by atoms with Crippen LogP contribution in [0, 0.1) is 9.49 Å². The third-order valence-electron chi connectivity index (χ3n) is 2.92. The molecule has 0 atom stereocenters. The Morgan fingerprint density at radius 2 is 2.00 bits per heavy atom. The van der Waals surface area contributed by atoms with E-state index < -0.39 is 0 Å². The topological polar surface area (TPSA) is 21.3 Å². The minimum absolute atomic E-state index is 0.623. The normalized spacial score (nSPS) is 10.9. The van der Waals surface area contributed by atoms with Gasteiger partial charge >= 0.3 is 0 Å². The third kappa shape index (κ3) is 5.49. The van der Waals surface area contributed by atoms with Crippen molar-refractivity contribution in [2.24, 2.45) is 5.92 Å². The van der Waals surface area contributed by atoms with Gasteiger partial charge in [0.15, 0.2) is 0 Å². The summed E-state index contributed by atoms with van der Waals surface area (Å²) in [7, 11) is 0. The summed E-state index contributed by atoms with van der Waals surface area (Å²) < 4.78 is 7.14. The Hall–Kier alpha value is -0.780. The van der Waals surface area contributed by atoms with Gasteiger partial charge in [0.05, 0.1) is 0 Å². The van der Waals surface area contributed by atoms with Crippen LogP contribution in [-0.4, -0.2) is 6.54 Å². The van der Waals surface area contributed by atoms with Gasteiger partial charge in [0.2, 0.25) is 0 Å². The summed E-state index contributed by atoms with van der Waals surface area (Å²) in [5.41, 5.74) is 1.11. The molecule has 0 unspecified atom stereocenters. The molecule has 4 heteroatoms. The van der Waals surface area contributed by atoms with Crippen molar-refractivity contribution < 1.29 is 4.74 Å². The molecule has 21 heavy (non-hydrogen) atoms. The van der Waals surface area contributed by atoms with E-state index in [1.54, 1.807) is 0 Å². The summed E-state index contributed by atoms with van der Waals surface area (Å²) in [5.74, 6) is 2.26. The highest BCUT2D eigenvalue weighted by atomic mass is 127. The molecule has 0 saturated carbocycles. The average molecular weight is 416 g/mol. The first-order valence-corrected chi connectivity index (χ1v) is 8.43. The van der Waals surface area contributed by atoms with E-state index in [1.807, 2.05) is 42.5 Å². The average Bonchev–Trinajstić information content (AvgIpc) is 2.41. The van der Waals surface area contributed by atoms with E-state index in [0.717, 1.165) is 33.7 Å². The fourth-order valence-corrected chi connectivity index (χ4v) is 2.60. The standard InChI is InChI=1S/C17H19ClINO/c1-12(2)10-20-11-13-6-7-14(18)8-17(13)21-16-5-3-4-15(19)9-16/h3-9,12,20H,10-11H2,1-2H3. The number of benzene rings is 2. The lowest BCUT2D eigenvalue weighted by Crippen LogP contribution is -2.19. The molecule has 112 valence electrons. The fourth-order valence-electron chi connectivity index (χ4n) is 1.92. The zero-order valence-electron chi connectivity index (χ0n) is 12.2. The molecule has 0 fully saturated rings. The minimum atomic E-state index is 0.623. The highest BCUT2D eigenvalue weighted by Gasteiger charge is 2.07. The summed E-state index contributed by atoms with van der Waals surface area (Å²) in [6, 6.07) is 13.8. The van der Waals surface area contributed by atoms with E-state index in [9.17, 15) is 0 Å². The van der Waals surface area contributed by atoms with Crippen LogP contribution in [0.1, 0.15) is 19.4 Å². The first-order chi connectivity index (χ1) is 10.0. The summed E-state index contributed by atoms with van der Waals surface area (Å²) in [6.07, 6.45) is 0. The van der Waals surface area contributed by atoms with Crippen LogP contribution >= 0.6 is 34.2 Å². The maximum Gasteiger partial charge on any atom is 0.133 e. The lowest BCUT2D eigenvalue weighted by molar-refractivity contribution is 0.469. The fraction of sp³-hybridized carbons (Fsp3) is 0.294. The first kappa shape index (κ1) is 16.6. The highest BCUT2D eigenvalue weighted by Crippen LogP contribution is 2.29. The monoisotopic (exact) mass is 415 g/mol. The summed E-state index contributed by atoms with van der Waals surface area (Å²) in [6.45, 7) is 6.14. The number of hydrogen-bond donors (Lipinski definition) is 1. The van der Waals surface area contributed by atoms with Crippen molar-refractivity contribution >= 4 is 34.2 Å². The Balaban J connectivity index is 2.15. The van der Waals surface area contributed by atoms with Crippen LogP contribution in [0.15, 0.2) is 42.5 Å². The van der Waals surface area contributed by atoms with Crippen LogP contribution in [0.2, 0.25) is 5.02 Å². The van der Waals surface area contributed by atoms with Crippen LogP contribution in [0.5, 0.6) is 11.5 Å². The molecule has 1 N–H and O–H groups in total. The second-order valence-electron chi connectivity index (χ2n) is 5.34. The smallest absolute Gasteiger partial charge is 0.133 e. The summed E-state index contributed by atoms with van der Waals surface area (Å²) in [4.78, 5) is 0. The number of rotatable bonds is 6. The molecule has 0 aliphatic carbocycles. The van der Waals surface area contributed by atoms with Crippen molar-refractivity contribution in [1.82, 2.24) is 5.32 Å². The molecular weight excluding hydrogens is 397 g/mol. The van der Waals surface area contributed by atoms with E-state index in [-0.39, 0.29) is 0 Å². The maximum atomic E-state index is 6.10. The molecule has 0 aliphatic heterocycles. The molecule has 2 nitrogen and oxygen atoms in total. The molecule has 2 aromatic rings. The lowest BCUT2D eigenvalue weighted by Gasteiger charge is -2.13. The van der Waals surface area contributed by atoms with Crippen molar-refractivity contribution in [3.8, 4) is 11.5 Å². The van der Waals surface area contributed by atoms with E-state index in [1.165, 1.54) is 0 Å². The quantitative estimate of drug-likeness (QED) is 0.631. The molecule has 0 amide bonds. The zero-order chi connectivity index (χ0) is 15.2. The van der Waals surface area contributed by atoms with E-state index in [0.29, 0.717) is 10.9 Å². The van der Waals surface area contributed by atoms with Crippen LogP contribution in [0.25, 0.3) is 0 Å². The molecular formula is C17H19ClINO. The van der Waals surface area contributed by atoms with Crippen molar-refractivity contribution in [1.29, 1.82) is 0 Å². The van der Waals surface area contributed by atoms with Crippen molar-refractivity contribution in [2.45, 2.75) is 20.4 Å². The number of ether oxygens (including phenoxy) is 1. The third-order valence-corrected chi connectivity index (χ3v) is 3.83. The Morgan fingerprint density at radius 3 is 2.71 bits per heavy atom. The molecule has 2 rings (SSSR count). The lowest BCUT2D eigenvalue weighted by atomic mass is 10.1. The Bertz CT molecular complexity index is 601. The molecule has 0 bridgehead atoms. The highest BCUT2D eigenvalue weighted by molar-refractivity contribution is 14.1. The molecule has 0 radical (unpaired) electrons. The molecule has 0 saturated heterocycles. The van der Waals surface area contributed by atoms with Gasteiger partial charge in [0.25, 0.3) is 0 Å². The number of halogens is 2. The predicted molar refractivity (Wildman–Crippen MR) is 97.2 cm³/mol. The minimum Gasteiger partial charge on any atom is -0.457 e. The Morgan fingerprint density at radius 1 is 1.19 bits per heavy atom. The van der Waals surface area contributed by atoms with Gasteiger partial charge in [0.1, 0.15) is 11.5 Å². The Labute approximate surface area is 145 Å². The van der Waals surface area contributed by atoms with Gasteiger partial charge in [-0.15, -0.1) is 0 Å². The van der Waals surface area contributed by atoms with Gasteiger partial charge in [0, 0.05) is 20.7 Å². The van der Waals surface area contributed by atoms with Crippen LogP contribution in [0.4, 0.5) is 0 Å². The van der Waals surface area contributed by atoms with Crippen molar-refractivity contribution in [3.05, 3.63) is 56.6 Å². The van der Waals surface area contributed by atoms with Gasteiger partial charge in [-0.3, -0.25) is 0 Å². The molecule has 0 heterocycles. The van der Waals surface area contributed by atoms with E-state index >= 15 is 0 Å². The zero-order valence-corrected chi connectivity index (χ0v) is 15.1. The second-order valence-corrected chi connectivity index (χ2v) is 7.02. The SMILES string of the molecule is CC(C)CNCc1ccc(Cl)cc1Oc1cccc(I)c1. The summed E-state index contributed by atoms with van der Waals surface area (Å²) in [5, 5.41) is 4.12.